The quantitative estimate of drug-likeness (QED) is 0.247. The van der Waals surface area contributed by atoms with Gasteiger partial charge in [0.2, 0.25) is 17.8 Å². The smallest absolute Gasteiger partial charge is 0.422 e. The third kappa shape index (κ3) is 11.5. The van der Waals surface area contributed by atoms with Crippen LogP contribution >= 0.6 is 0 Å². The average molecular weight is 662 g/mol. The number of carboxylic acid groups (broad SMARTS) is 1. The van der Waals surface area contributed by atoms with E-state index >= 15 is 0 Å². The Balaban J connectivity index is 1.63. The molecule has 14 nitrogen and oxygen atoms in total. The molecule has 5 N–H and O–H groups in total. The van der Waals surface area contributed by atoms with Gasteiger partial charge >= 0.3 is 18.2 Å². The van der Waals surface area contributed by atoms with Gasteiger partial charge in [-0.25, -0.2) is 4.79 Å². The van der Waals surface area contributed by atoms with E-state index in [1.54, 1.807) is 0 Å². The Labute approximate surface area is 267 Å². The van der Waals surface area contributed by atoms with E-state index in [1.807, 2.05) is 24.3 Å². The van der Waals surface area contributed by atoms with E-state index in [-0.39, 0.29) is 42.9 Å². The van der Waals surface area contributed by atoms with Crippen LogP contribution in [0, 0.1) is 0 Å². The predicted molar refractivity (Wildman–Crippen MR) is 162 cm³/mol. The maximum absolute atomic E-state index is 13.2. The third-order valence-electron chi connectivity index (χ3n) is 6.56. The molecule has 0 aliphatic carbocycles. The molecule has 0 spiro atoms. The molecule has 0 saturated heterocycles. The molecule has 252 valence electrons. The van der Waals surface area contributed by atoms with Gasteiger partial charge in [-0.1, -0.05) is 12.1 Å². The van der Waals surface area contributed by atoms with E-state index in [0.29, 0.717) is 24.5 Å². The van der Waals surface area contributed by atoms with Crippen LogP contribution in [0.4, 0.5) is 30.8 Å². The summed E-state index contributed by atoms with van der Waals surface area (Å²) in [5.74, 6) is -2.06. The van der Waals surface area contributed by atoms with Crippen molar-refractivity contribution in [1.29, 1.82) is 0 Å². The summed E-state index contributed by atoms with van der Waals surface area (Å²) in [5, 5.41) is 20.1. The van der Waals surface area contributed by atoms with Gasteiger partial charge in [0.05, 0.1) is 18.8 Å². The number of fused-ring (bicyclic) bond motifs is 10. The summed E-state index contributed by atoms with van der Waals surface area (Å²) in [4.78, 5) is 48.3. The Morgan fingerprint density at radius 1 is 0.979 bits per heavy atom. The summed E-state index contributed by atoms with van der Waals surface area (Å²) in [5.41, 5.74) is 1.13. The van der Waals surface area contributed by atoms with Gasteiger partial charge in [-0.05, 0) is 55.5 Å². The Kier molecular flexibility index (Phi) is 12.0. The minimum absolute atomic E-state index is 0.00754. The molecule has 17 heteroatoms. The first kappa shape index (κ1) is 34.5. The van der Waals surface area contributed by atoms with Crippen molar-refractivity contribution in [1.82, 2.24) is 25.6 Å². The fourth-order valence-electron chi connectivity index (χ4n) is 4.23. The van der Waals surface area contributed by atoms with E-state index in [0.717, 1.165) is 24.8 Å². The normalized spacial score (nSPS) is 14.5. The SMILES string of the molecule is CC(=O)NCC(NC(=O)c1ccc2cc1OCCCCCCOc1ccc(cc1)CNc1nc(nc(OCC(F)(F)F)n1)N2)C(=O)O. The van der Waals surface area contributed by atoms with Crippen molar-refractivity contribution < 1.29 is 46.9 Å². The summed E-state index contributed by atoms with van der Waals surface area (Å²) in [6.45, 7) is 0.204. The number of hydrogen-bond acceptors (Lipinski definition) is 11. The number of halogens is 3. The molecule has 2 amide bonds. The second-order valence-electron chi connectivity index (χ2n) is 10.4. The lowest BCUT2D eigenvalue weighted by molar-refractivity contribution is -0.154. The van der Waals surface area contributed by atoms with E-state index in [1.165, 1.54) is 25.1 Å². The molecule has 1 unspecified atom stereocenters. The molecule has 2 aromatic carbocycles. The first-order valence-electron chi connectivity index (χ1n) is 14.7. The van der Waals surface area contributed by atoms with Crippen LogP contribution in [0.15, 0.2) is 42.5 Å². The van der Waals surface area contributed by atoms with Crippen molar-refractivity contribution in [3.05, 3.63) is 53.6 Å². The Bertz CT molecular complexity index is 1540. The standard InChI is InChI=1S/C30H34F3N7O7/c1-18(41)34-16-23(26(43)44)37-25(42)22-11-8-20-14-24(22)46-13-5-3-2-4-12-45-21-9-6-19(7-10-21)15-35-27-38-28(36-20)40-29(39-27)47-17-30(31,32)33/h6-11,14,23H,2-5,12-13,15-17H2,1H3,(H,34,41)(H,37,42)(H,43,44)(H2,35,36,38,39,40). The first-order valence-corrected chi connectivity index (χ1v) is 14.7. The molecule has 0 radical (unpaired) electrons. The van der Waals surface area contributed by atoms with Crippen molar-refractivity contribution in [2.75, 3.05) is 37.0 Å². The maximum Gasteiger partial charge on any atom is 0.422 e. The molecular weight excluding hydrogens is 627 g/mol. The van der Waals surface area contributed by atoms with Gasteiger partial charge in [-0.15, -0.1) is 0 Å². The number of carboxylic acids is 1. The van der Waals surface area contributed by atoms with Crippen LogP contribution in [0.2, 0.25) is 0 Å². The molecule has 0 saturated carbocycles. The molecule has 3 heterocycles. The molecular formula is C30H34F3N7O7. The van der Waals surface area contributed by atoms with Crippen molar-refractivity contribution in [2.45, 2.75) is 51.4 Å². The van der Waals surface area contributed by atoms with Crippen LogP contribution in [0.1, 0.15) is 48.5 Å². The van der Waals surface area contributed by atoms with Gasteiger partial charge in [0, 0.05) is 31.8 Å². The molecule has 5 rings (SSSR count). The van der Waals surface area contributed by atoms with Crippen LogP contribution in [0.3, 0.4) is 0 Å². The van der Waals surface area contributed by atoms with Crippen LogP contribution in [-0.4, -0.2) is 76.4 Å². The minimum atomic E-state index is -4.64. The van der Waals surface area contributed by atoms with Gasteiger partial charge in [0.25, 0.3) is 5.91 Å². The lowest BCUT2D eigenvalue weighted by atomic mass is 10.1. The van der Waals surface area contributed by atoms with Crippen LogP contribution < -0.4 is 35.5 Å². The Morgan fingerprint density at radius 2 is 1.68 bits per heavy atom. The highest BCUT2D eigenvalue weighted by Gasteiger charge is 2.29. The number of anilines is 3. The summed E-state index contributed by atoms with van der Waals surface area (Å²) < 4.78 is 55.2. The number of benzene rings is 2. The largest absolute Gasteiger partial charge is 0.494 e. The van der Waals surface area contributed by atoms with Crippen molar-refractivity contribution in [2.24, 2.45) is 0 Å². The number of aliphatic carboxylic acids is 1. The number of aromatic nitrogens is 3. The molecule has 2 aliphatic heterocycles. The van der Waals surface area contributed by atoms with Crippen LogP contribution in [-0.2, 0) is 16.1 Å². The number of nitrogens with one attached hydrogen (secondary N) is 4. The molecule has 3 aromatic rings. The second kappa shape index (κ2) is 16.3. The fourth-order valence-corrected chi connectivity index (χ4v) is 4.23. The molecule has 2 aliphatic rings. The predicted octanol–water partition coefficient (Wildman–Crippen LogP) is 3.82. The van der Waals surface area contributed by atoms with Crippen LogP contribution in [0.25, 0.3) is 0 Å². The highest BCUT2D eigenvalue weighted by Crippen LogP contribution is 2.27. The van der Waals surface area contributed by atoms with Crippen molar-refractivity contribution in [3.63, 3.8) is 0 Å². The summed E-state index contributed by atoms with van der Waals surface area (Å²) >= 11 is 0. The zero-order valence-corrected chi connectivity index (χ0v) is 25.4. The average Bonchev–Trinajstić information content (AvgIpc) is 3.02. The highest BCUT2D eigenvalue weighted by atomic mass is 19.4. The summed E-state index contributed by atoms with van der Waals surface area (Å²) in [6.07, 6.45) is -1.53. The van der Waals surface area contributed by atoms with Crippen molar-refractivity contribution >= 4 is 35.4 Å². The number of hydrogen-bond donors (Lipinski definition) is 5. The number of carbonyl (C=O) groups is 3. The van der Waals surface area contributed by atoms with E-state index in [9.17, 15) is 32.7 Å². The second-order valence-corrected chi connectivity index (χ2v) is 10.4. The maximum atomic E-state index is 13.2. The molecule has 1 atom stereocenters. The van der Waals surface area contributed by atoms with Crippen molar-refractivity contribution in [3.8, 4) is 17.5 Å². The summed E-state index contributed by atoms with van der Waals surface area (Å²) in [7, 11) is 0. The number of amides is 2. The topological polar surface area (TPSA) is 186 Å². The number of ether oxygens (including phenoxy) is 3. The molecule has 47 heavy (non-hydrogen) atoms. The number of carbonyl (C=O) groups excluding carboxylic acids is 2. The molecule has 0 fully saturated rings. The lowest BCUT2D eigenvalue weighted by Crippen LogP contribution is -2.48. The van der Waals surface area contributed by atoms with E-state index in [4.69, 9.17) is 14.2 Å². The lowest BCUT2D eigenvalue weighted by Gasteiger charge is -2.18. The number of rotatable bonds is 7. The molecule has 1 aromatic heterocycles. The third-order valence-corrected chi connectivity index (χ3v) is 6.56. The van der Waals surface area contributed by atoms with E-state index < -0.39 is 42.6 Å². The first-order chi connectivity index (χ1) is 22.4. The fraction of sp³-hybridized carbons (Fsp3) is 0.400. The minimum Gasteiger partial charge on any atom is -0.494 e. The monoisotopic (exact) mass is 661 g/mol. The van der Waals surface area contributed by atoms with Gasteiger partial charge < -0.3 is 40.6 Å². The molecule has 6 bridgehead atoms. The van der Waals surface area contributed by atoms with Gasteiger partial charge in [0.15, 0.2) is 6.61 Å². The Morgan fingerprint density at radius 3 is 2.36 bits per heavy atom. The zero-order valence-electron chi connectivity index (χ0n) is 25.4. The highest BCUT2D eigenvalue weighted by molar-refractivity contribution is 5.99. The Hall–Kier alpha value is -5.35. The number of nitrogens with zero attached hydrogens (tertiary/aromatic N) is 3. The van der Waals surface area contributed by atoms with E-state index in [2.05, 4.69) is 36.2 Å². The van der Waals surface area contributed by atoms with Gasteiger partial charge in [-0.2, -0.15) is 28.1 Å². The van der Waals surface area contributed by atoms with Gasteiger partial charge in [0.1, 0.15) is 17.5 Å². The zero-order chi connectivity index (χ0) is 33.8. The number of alkyl halides is 3. The van der Waals surface area contributed by atoms with Crippen LogP contribution in [0.5, 0.6) is 17.5 Å². The summed E-state index contributed by atoms with van der Waals surface area (Å²) in [6, 6.07) is 9.56. The van der Waals surface area contributed by atoms with Gasteiger partial charge in [-0.3, -0.25) is 9.59 Å².